The summed E-state index contributed by atoms with van der Waals surface area (Å²) in [5.74, 6) is -0.199. The highest BCUT2D eigenvalue weighted by Gasteiger charge is 2.47. The third-order valence-electron chi connectivity index (χ3n) is 4.63. The summed E-state index contributed by atoms with van der Waals surface area (Å²) >= 11 is 0. The Labute approximate surface area is 170 Å². The molecule has 4 aromatic carbocycles. The van der Waals surface area contributed by atoms with Gasteiger partial charge in [0, 0.05) is 6.07 Å². The van der Waals surface area contributed by atoms with Crippen molar-refractivity contribution in [2.24, 2.45) is 0 Å². The molecule has 4 aromatic rings. The molecule has 0 bridgehead atoms. The van der Waals surface area contributed by atoms with Crippen molar-refractivity contribution in [1.82, 2.24) is 0 Å². The summed E-state index contributed by atoms with van der Waals surface area (Å²) in [5, 5.41) is 4.70. The van der Waals surface area contributed by atoms with Crippen LogP contribution in [0.5, 0.6) is 0 Å². The summed E-state index contributed by atoms with van der Waals surface area (Å²) in [6.45, 7) is 0. The molecule has 0 heterocycles. The second kappa shape index (κ2) is 8.61. The Bertz CT molecular complexity index is 892. The third kappa shape index (κ3) is 3.60. The Morgan fingerprint density at radius 3 is 1.19 bits per heavy atom. The molecule has 0 aromatic heterocycles. The average Bonchev–Trinajstić information content (AvgIpc) is 2.71. The second-order valence-electron chi connectivity index (χ2n) is 6.16. The topological polar surface area (TPSA) is 0 Å². The van der Waals surface area contributed by atoms with Gasteiger partial charge < -0.3 is 0 Å². The second-order valence-corrected chi connectivity index (χ2v) is 9.56. The van der Waals surface area contributed by atoms with Crippen molar-refractivity contribution in [3.8, 4) is 0 Å². The Kier molecular flexibility index (Phi) is 6.21. The predicted molar refractivity (Wildman–Crippen MR) is 122 cm³/mol. The molecule has 27 heavy (non-hydrogen) atoms. The first kappa shape index (κ1) is 19.5. The van der Waals surface area contributed by atoms with Crippen LogP contribution in [-0.2, 0) is 0 Å². The van der Waals surface area contributed by atoms with E-state index in [1.807, 2.05) is 24.3 Å². The lowest BCUT2D eigenvalue weighted by Crippen LogP contribution is -2.38. The van der Waals surface area contributed by atoms with E-state index in [2.05, 4.69) is 78.9 Å². The molecule has 0 aliphatic heterocycles. The van der Waals surface area contributed by atoms with Gasteiger partial charge in [-0.25, -0.2) is 4.39 Å². The molecule has 0 spiro atoms. The van der Waals surface area contributed by atoms with E-state index >= 15 is 0 Å². The number of halogens is 2. The zero-order chi connectivity index (χ0) is 17.8. The van der Waals surface area contributed by atoms with E-state index in [0.717, 1.165) is 5.30 Å². The van der Waals surface area contributed by atoms with Crippen LogP contribution in [0.15, 0.2) is 115 Å². The molecule has 0 aliphatic carbocycles. The predicted octanol–water partition coefficient (Wildman–Crippen LogP) is 5.02. The van der Waals surface area contributed by atoms with Gasteiger partial charge in [0.15, 0.2) is 0 Å². The molecular weight excluding hydrogens is 418 g/mol. The fourth-order valence-corrected chi connectivity index (χ4v) is 7.81. The molecule has 0 unspecified atom stereocenters. The summed E-state index contributed by atoms with van der Waals surface area (Å²) in [5.41, 5.74) is 0. The van der Waals surface area contributed by atoms with Gasteiger partial charge in [0.05, 0.1) is 0 Å². The van der Waals surface area contributed by atoms with Crippen molar-refractivity contribution in [3.63, 3.8) is 0 Å². The van der Waals surface area contributed by atoms with Gasteiger partial charge in [-0.2, -0.15) is 0 Å². The standard InChI is InChI=1S/C24H19FP.BrH/c25-20-11-10-18-24(19-20)26(21-12-4-1-5-13-21,22-14-6-2-7-15-22)23-16-8-3-9-17-23;/h1-19H;1H/q+1;. The van der Waals surface area contributed by atoms with Crippen LogP contribution in [0.4, 0.5) is 4.39 Å². The molecule has 4 rings (SSSR count). The van der Waals surface area contributed by atoms with Crippen molar-refractivity contribution in [2.75, 3.05) is 0 Å². The maximum Gasteiger partial charge on any atom is 0.144 e. The van der Waals surface area contributed by atoms with Crippen LogP contribution in [0.3, 0.4) is 0 Å². The van der Waals surface area contributed by atoms with Crippen molar-refractivity contribution in [2.45, 2.75) is 0 Å². The molecule has 0 amide bonds. The largest absolute Gasteiger partial charge is 0.207 e. The van der Waals surface area contributed by atoms with Gasteiger partial charge in [-0.15, -0.1) is 17.0 Å². The number of hydrogen-bond acceptors (Lipinski definition) is 0. The molecule has 0 aliphatic rings. The summed E-state index contributed by atoms with van der Waals surface area (Å²) in [4.78, 5) is 0. The summed E-state index contributed by atoms with van der Waals surface area (Å²) in [6.07, 6.45) is 0. The van der Waals surface area contributed by atoms with Crippen LogP contribution in [-0.4, -0.2) is 0 Å². The van der Waals surface area contributed by atoms with Crippen LogP contribution in [0.1, 0.15) is 0 Å². The van der Waals surface area contributed by atoms with Crippen molar-refractivity contribution < 1.29 is 4.39 Å². The van der Waals surface area contributed by atoms with Gasteiger partial charge in [0.1, 0.15) is 34.3 Å². The fourth-order valence-electron chi connectivity index (χ4n) is 3.53. The lowest BCUT2D eigenvalue weighted by atomic mass is 10.3. The highest BCUT2D eigenvalue weighted by molar-refractivity contribution is 8.93. The maximum absolute atomic E-state index is 14.3. The molecule has 0 radical (unpaired) electrons. The summed E-state index contributed by atoms with van der Waals surface area (Å²) in [7, 11) is -2.17. The molecule has 0 N–H and O–H groups in total. The first-order valence-electron chi connectivity index (χ1n) is 8.64. The van der Waals surface area contributed by atoms with E-state index in [9.17, 15) is 4.39 Å². The zero-order valence-electron chi connectivity index (χ0n) is 14.7. The quantitative estimate of drug-likeness (QED) is 0.393. The maximum atomic E-state index is 14.3. The van der Waals surface area contributed by atoms with Gasteiger partial charge in [-0.05, 0) is 48.5 Å². The van der Waals surface area contributed by atoms with Crippen molar-refractivity contribution in [3.05, 3.63) is 121 Å². The lowest BCUT2D eigenvalue weighted by molar-refractivity contribution is 0.629. The van der Waals surface area contributed by atoms with Gasteiger partial charge in [-0.1, -0.05) is 60.7 Å². The monoisotopic (exact) mass is 437 g/mol. The highest BCUT2D eigenvalue weighted by atomic mass is 79.9. The number of hydrogen-bond donors (Lipinski definition) is 0. The van der Waals surface area contributed by atoms with E-state index in [1.165, 1.54) is 22.0 Å². The van der Waals surface area contributed by atoms with Crippen LogP contribution < -0.4 is 21.2 Å². The summed E-state index contributed by atoms with van der Waals surface area (Å²) < 4.78 is 14.3. The first-order valence-corrected chi connectivity index (χ1v) is 10.4. The highest BCUT2D eigenvalue weighted by Crippen LogP contribution is 2.54. The molecule has 0 saturated carbocycles. The van der Waals surface area contributed by atoms with Crippen LogP contribution in [0.2, 0.25) is 0 Å². The molecular formula is C24H20BrFP+. The zero-order valence-corrected chi connectivity index (χ0v) is 17.3. The van der Waals surface area contributed by atoms with Gasteiger partial charge in [0.2, 0.25) is 0 Å². The average molecular weight is 438 g/mol. The smallest absolute Gasteiger partial charge is 0.144 e. The molecule has 0 fully saturated rings. The Balaban J connectivity index is 0.00000210. The van der Waals surface area contributed by atoms with Crippen LogP contribution in [0.25, 0.3) is 0 Å². The molecule has 0 nitrogen and oxygen atoms in total. The molecule has 134 valence electrons. The van der Waals surface area contributed by atoms with Crippen molar-refractivity contribution in [1.29, 1.82) is 0 Å². The Hall–Kier alpha value is -2.28. The Morgan fingerprint density at radius 1 is 0.444 bits per heavy atom. The Morgan fingerprint density at radius 2 is 0.815 bits per heavy atom. The summed E-state index contributed by atoms with van der Waals surface area (Å²) in [6, 6.07) is 38.5. The fraction of sp³-hybridized carbons (Fsp3) is 0. The van der Waals surface area contributed by atoms with E-state index in [1.54, 1.807) is 6.07 Å². The minimum atomic E-state index is -2.17. The normalized spacial score (nSPS) is 10.9. The minimum absolute atomic E-state index is 0. The van der Waals surface area contributed by atoms with E-state index < -0.39 is 7.26 Å². The van der Waals surface area contributed by atoms with Gasteiger partial charge >= 0.3 is 0 Å². The lowest BCUT2D eigenvalue weighted by Gasteiger charge is -2.27. The van der Waals surface area contributed by atoms with E-state index in [-0.39, 0.29) is 22.8 Å². The number of benzene rings is 4. The number of rotatable bonds is 4. The SMILES string of the molecule is Br.Fc1cccc([P+](c2ccccc2)(c2ccccc2)c2ccccc2)c1. The third-order valence-corrected chi connectivity index (χ3v) is 8.90. The van der Waals surface area contributed by atoms with E-state index in [4.69, 9.17) is 0 Å². The molecule has 0 saturated heterocycles. The van der Waals surface area contributed by atoms with Gasteiger partial charge in [0.25, 0.3) is 0 Å². The van der Waals surface area contributed by atoms with Crippen LogP contribution in [0, 0.1) is 5.82 Å². The first-order chi connectivity index (χ1) is 12.8. The van der Waals surface area contributed by atoms with Crippen LogP contribution >= 0.6 is 24.2 Å². The van der Waals surface area contributed by atoms with Crippen molar-refractivity contribution >= 4 is 45.5 Å². The van der Waals surface area contributed by atoms with Gasteiger partial charge in [-0.3, -0.25) is 0 Å². The minimum Gasteiger partial charge on any atom is -0.207 e. The molecule has 0 atom stereocenters. The molecule has 3 heteroatoms. The van der Waals surface area contributed by atoms with E-state index in [0.29, 0.717) is 0 Å².